The highest BCUT2D eigenvalue weighted by Crippen LogP contribution is 2.28. The number of sulfone groups is 1. The summed E-state index contributed by atoms with van der Waals surface area (Å²) in [4.78, 5) is 19.5. The number of rotatable bonds is 8. The van der Waals surface area contributed by atoms with E-state index in [0.717, 1.165) is 29.2 Å². The summed E-state index contributed by atoms with van der Waals surface area (Å²) in [5.74, 6) is 0.727. The number of aryl methyl sites for hydroxylation is 1. The lowest BCUT2D eigenvalue weighted by Gasteiger charge is -2.30. The van der Waals surface area contributed by atoms with Crippen molar-refractivity contribution in [2.75, 3.05) is 23.8 Å². The molecule has 9 heteroatoms. The highest BCUT2D eigenvalue weighted by Gasteiger charge is 2.34. The fourth-order valence-electron chi connectivity index (χ4n) is 3.71. The van der Waals surface area contributed by atoms with Crippen LogP contribution in [0.15, 0.2) is 23.4 Å². The molecule has 2 heterocycles. The van der Waals surface area contributed by atoms with Gasteiger partial charge in [0.05, 0.1) is 28.3 Å². The molecule has 0 radical (unpaired) electrons. The largest absolute Gasteiger partial charge is 0.338 e. The molecule has 0 saturated carbocycles. The predicted octanol–water partition coefficient (Wildman–Crippen LogP) is 3.86. The fourth-order valence-corrected chi connectivity index (χ4v) is 6.53. The molecule has 2 aromatic rings. The van der Waals surface area contributed by atoms with Gasteiger partial charge < -0.3 is 9.47 Å². The van der Waals surface area contributed by atoms with Crippen molar-refractivity contribution in [3.05, 3.63) is 23.2 Å². The van der Waals surface area contributed by atoms with E-state index in [9.17, 15) is 13.2 Å². The molecule has 0 N–H and O–H groups in total. The van der Waals surface area contributed by atoms with E-state index in [4.69, 9.17) is 11.6 Å². The van der Waals surface area contributed by atoms with Crippen molar-refractivity contribution in [1.82, 2.24) is 14.5 Å². The van der Waals surface area contributed by atoms with Crippen LogP contribution in [0.3, 0.4) is 0 Å². The van der Waals surface area contributed by atoms with Crippen molar-refractivity contribution in [2.45, 2.75) is 51.4 Å². The van der Waals surface area contributed by atoms with E-state index in [0.29, 0.717) is 18.0 Å². The quantitative estimate of drug-likeness (QED) is 0.563. The van der Waals surface area contributed by atoms with Crippen molar-refractivity contribution in [2.24, 2.45) is 5.92 Å². The first kappa shape index (κ1) is 22.4. The van der Waals surface area contributed by atoms with Crippen molar-refractivity contribution in [3.8, 4) is 0 Å². The number of fused-ring (bicyclic) bond motifs is 1. The molecule has 6 nitrogen and oxygen atoms in total. The molecule has 0 bridgehead atoms. The molecule has 1 aliphatic heterocycles. The van der Waals surface area contributed by atoms with Crippen LogP contribution in [-0.2, 0) is 21.2 Å². The highest BCUT2D eigenvalue weighted by atomic mass is 35.5. The van der Waals surface area contributed by atoms with Gasteiger partial charge in [-0.25, -0.2) is 13.4 Å². The zero-order chi connectivity index (χ0) is 21.2. The topological polar surface area (TPSA) is 72.3 Å². The Morgan fingerprint density at radius 3 is 2.79 bits per heavy atom. The van der Waals surface area contributed by atoms with E-state index in [2.05, 4.69) is 16.5 Å². The lowest BCUT2D eigenvalue weighted by Crippen LogP contribution is -2.44. The van der Waals surface area contributed by atoms with Crippen LogP contribution in [0.4, 0.5) is 0 Å². The van der Waals surface area contributed by atoms with E-state index >= 15 is 0 Å². The van der Waals surface area contributed by atoms with Crippen LogP contribution in [0.25, 0.3) is 11.0 Å². The summed E-state index contributed by atoms with van der Waals surface area (Å²) >= 11 is 7.51. The second kappa shape index (κ2) is 9.27. The molecule has 0 aliphatic carbocycles. The molecule has 1 amide bonds. The molecular weight excluding hydrogens is 430 g/mol. The van der Waals surface area contributed by atoms with Gasteiger partial charge in [-0.2, -0.15) is 0 Å². The number of aromatic nitrogens is 2. The van der Waals surface area contributed by atoms with Crippen LogP contribution in [0.2, 0.25) is 5.02 Å². The summed E-state index contributed by atoms with van der Waals surface area (Å²) in [6, 6.07) is 5.43. The third kappa shape index (κ3) is 5.47. The minimum absolute atomic E-state index is 0.0288. The number of hydrogen-bond acceptors (Lipinski definition) is 5. The Morgan fingerprint density at radius 2 is 2.17 bits per heavy atom. The number of nitrogens with zero attached hydrogens (tertiary/aromatic N) is 3. The summed E-state index contributed by atoms with van der Waals surface area (Å²) in [5, 5.41) is 1.43. The second-order valence-corrected chi connectivity index (χ2v) is 11.6. The Hall–Kier alpha value is -1.25. The van der Waals surface area contributed by atoms with Crippen molar-refractivity contribution in [3.63, 3.8) is 0 Å². The summed E-state index contributed by atoms with van der Waals surface area (Å²) in [5.41, 5.74) is 1.83. The molecule has 1 aromatic carbocycles. The third-order valence-electron chi connectivity index (χ3n) is 4.98. The molecule has 3 rings (SSSR count). The second-order valence-electron chi connectivity index (χ2n) is 7.96. The van der Waals surface area contributed by atoms with Gasteiger partial charge in [-0.05, 0) is 37.0 Å². The monoisotopic (exact) mass is 457 g/mol. The maximum Gasteiger partial charge on any atom is 0.233 e. The van der Waals surface area contributed by atoms with Crippen LogP contribution < -0.4 is 0 Å². The van der Waals surface area contributed by atoms with Crippen LogP contribution in [0, 0.1) is 5.92 Å². The third-order valence-corrected chi connectivity index (χ3v) is 7.93. The number of thioether (sulfide) groups is 1. The number of carbonyl (C=O) groups is 1. The number of amides is 1. The van der Waals surface area contributed by atoms with Crippen LogP contribution in [-0.4, -0.2) is 58.6 Å². The van der Waals surface area contributed by atoms with Gasteiger partial charge in [-0.15, -0.1) is 0 Å². The van der Waals surface area contributed by atoms with E-state index in [-0.39, 0.29) is 35.1 Å². The number of hydrogen-bond donors (Lipinski definition) is 0. The van der Waals surface area contributed by atoms with Gasteiger partial charge >= 0.3 is 0 Å². The molecule has 0 spiro atoms. The molecule has 1 unspecified atom stereocenters. The Balaban J connectivity index is 1.78. The molecule has 1 aliphatic rings. The van der Waals surface area contributed by atoms with Crippen molar-refractivity contribution >= 4 is 50.1 Å². The standard InChI is InChI=1S/C20H28ClN3O3S2/c1-4-8-23-18-6-5-15(21)10-17(18)22-20(23)28-12-19(25)24(11-14(2)3)16-7-9-29(26,27)13-16/h5-6,10,14,16H,4,7-9,11-13H2,1-3H3. The van der Waals surface area contributed by atoms with E-state index in [1.54, 1.807) is 4.90 Å². The summed E-state index contributed by atoms with van der Waals surface area (Å²) in [7, 11) is -3.04. The highest BCUT2D eigenvalue weighted by molar-refractivity contribution is 7.99. The zero-order valence-corrected chi connectivity index (χ0v) is 19.5. The Morgan fingerprint density at radius 1 is 1.41 bits per heavy atom. The first-order valence-electron chi connectivity index (χ1n) is 9.98. The summed E-state index contributed by atoms with van der Waals surface area (Å²) in [6.45, 7) is 7.57. The smallest absolute Gasteiger partial charge is 0.233 e. The summed E-state index contributed by atoms with van der Waals surface area (Å²) < 4.78 is 25.9. The molecule has 1 fully saturated rings. The lowest BCUT2D eigenvalue weighted by molar-refractivity contribution is -0.130. The fraction of sp³-hybridized carbons (Fsp3) is 0.600. The number of imidazole rings is 1. The van der Waals surface area contributed by atoms with Crippen LogP contribution in [0.1, 0.15) is 33.6 Å². The minimum Gasteiger partial charge on any atom is -0.338 e. The SMILES string of the molecule is CCCn1c(SCC(=O)N(CC(C)C)C2CCS(=O)(=O)C2)nc2cc(Cl)ccc21. The number of halogens is 1. The Bertz CT molecular complexity index is 988. The molecule has 1 aromatic heterocycles. The van der Waals surface area contributed by atoms with Gasteiger partial charge in [0.2, 0.25) is 5.91 Å². The maximum absolute atomic E-state index is 13.0. The Labute approximate surface area is 181 Å². The number of carbonyl (C=O) groups excluding carboxylic acids is 1. The van der Waals surface area contributed by atoms with Crippen molar-refractivity contribution < 1.29 is 13.2 Å². The van der Waals surface area contributed by atoms with Gasteiger partial charge in [0.1, 0.15) is 0 Å². The van der Waals surface area contributed by atoms with Crippen molar-refractivity contribution in [1.29, 1.82) is 0 Å². The van der Waals surface area contributed by atoms with Gasteiger partial charge in [-0.1, -0.05) is 44.1 Å². The average Bonchev–Trinajstić information content (AvgIpc) is 3.17. The Kier molecular flexibility index (Phi) is 7.17. The van der Waals surface area contributed by atoms with E-state index in [1.807, 2.05) is 32.0 Å². The first-order chi connectivity index (χ1) is 13.7. The first-order valence-corrected chi connectivity index (χ1v) is 13.2. The molecule has 29 heavy (non-hydrogen) atoms. The normalized spacial score (nSPS) is 18.6. The van der Waals surface area contributed by atoms with E-state index < -0.39 is 9.84 Å². The molecule has 1 atom stereocenters. The molecular formula is C20H28ClN3O3S2. The van der Waals surface area contributed by atoms with Gasteiger partial charge in [0, 0.05) is 24.2 Å². The van der Waals surface area contributed by atoms with Crippen LogP contribution in [0.5, 0.6) is 0 Å². The zero-order valence-electron chi connectivity index (χ0n) is 17.1. The predicted molar refractivity (Wildman–Crippen MR) is 119 cm³/mol. The summed E-state index contributed by atoms with van der Waals surface area (Å²) in [6.07, 6.45) is 1.48. The average molecular weight is 458 g/mol. The minimum atomic E-state index is -3.04. The van der Waals surface area contributed by atoms with Gasteiger partial charge in [0.15, 0.2) is 15.0 Å². The molecule has 1 saturated heterocycles. The van der Waals surface area contributed by atoms with Gasteiger partial charge in [0.25, 0.3) is 0 Å². The maximum atomic E-state index is 13.0. The lowest BCUT2D eigenvalue weighted by atomic mass is 10.1. The molecule has 160 valence electrons. The van der Waals surface area contributed by atoms with E-state index in [1.165, 1.54) is 11.8 Å². The van der Waals surface area contributed by atoms with Crippen LogP contribution >= 0.6 is 23.4 Å². The van der Waals surface area contributed by atoms with Gasteiger partial charge in [-0.3, -0.25) is 4.79 Å². The number of benzene rings is 1.